The number of ether oxygens (including phenoxy) is 2. The summed E-state index contributed by atoms with van der Waals surface area (Å²) in [6.45, 7) is 3.82. The van der Waals surface area contributed by atoms with E-state index in [9.17, 15) is 4.79 Å². The summed E-state index contributed by atoms with van der Waals surface area (Å²) in [7, 11) is 0. The largest absolute Gasteiger partial charge is 0.486 e. The molecule has 0 radical (unpaired) electrons. The molecule has 0 spiro atoms. The van der Waals surface area contributed by atoms with Gasteiger partial charge in [0.25, 0.3) is 0 Å². The van der Waals surface area contributed by atoms with Crippen LogP contribution in [0.25, 0.3) is 0 Å². The van der Waals surface area contributed by atoms with Gasteiger partial charge in [-0.1, -0.05) is 53.9 Å². The van der Waals surface area contributed by atoms with Gasteiger partial charge in [-0.2, -0.15) is 0 Å². The molecule has 5 nitrogen and oxygen atoms in total. The lowest BCUT2D eigenvalue weighted by Gasteiger charge is -2.30. The molecule has 8 heteroatoms. The Balaban J connectivity index is 1.58. The molecule has 1 aliphatic rings. The summed E-state index contributed by atoms with van der Waals surface area (Å²) in [4.78, 5) is 14.4. The molecule has 3 rings (SSSR count). The molecule has 27 heavy (non-hydrogen) atoms. The average Bonchev–Trinajstić information content (AvgIpc) is 2.64. The fourth-order valence-corrected chi connectivity index (χ4v) is 3.70. The number of hydrogen-bond donors (Lipinski definition) is 1. The molecule has 1 atom stereocenters. The fourth-order valence-electron chi connectivity index (χ4n) is 2.79. The van der Waals surface area contributed by atoms with E-state index in [1.807, 2.05) is 36.1 Å². The van der Waals surface area contributed by atoms with Crippen molar-refractivity contribution in [2.45, 2.75) is 13.0 Å². The summed E-state index contributed by atoms with van der Waals surface area (Å²) < 4.78 is 11.7. The van der Waals surface area contributed by atoms with E-state index in [0.29, 0.717) is 46.2 Å². The van der Waals surface area contributed by atoms with Crippen molar-refractivity contribution in [3.8, 4) is 11.5 Å². The first-order chi connectivity index (χ1) is 13.0. The van der Waals surface area contributed by atoms with Gasteiger partial charge in [0.15, 0.2) is 11.5 Å². The van der Waals surface area contributed by atoms with Gasteiger partial charge in [-0.25, -0.2) is 0 Å². The maximum Gasteiger partial charge on any atom is 0.238 e. The zero-order valence-electron chi connectivity index (χ0n) is 14.7. The van der Waals surface area contributed by atoms with Crippen LogP contribution < -0.4 is 14.8 Å². The highest BCUT2D eigenvalue weighted by atomic mass is 35.5. The van der Waals surface area contributed by atoms with Gasteiger partial charge in [0.1, 0.15) is 12.7 Å². The molecule has 0 fully saturated rings. The number of likely N-dealkylation sites (N-methyl/N-ethyl adjacent to an activating group) is 1. The van der Waals surface area contributed by atoms with Gasteiger partial charge in [0.05, 0.1) is 22.3 Å². The van der Waals surface area contributed by atoms with Crippen molar-refractivity contribution in [2.75, 3.05) is 31.6 Å². The monoisotopic (exact) mass is 428 g/mol. The van der Waals surface area contributed by atoms with Crippen LogP contribution in [0.2, 0.25) is 15.1 Å². The lowest BCUT2D eigenvalue weighted by atomic mass is 10.2. The Morgan fingerprint density at radius 1 is 1.19 bits per heavy atom. The Morgan fingerprint density at radius 2 is 1.85 bits per heavy atom. The van der Waals surface area contributed by atoms with Crippen LogP contribution in [0.15, 0.2) is 36.4 Å². The minimum absolute atomic E-state index is 0.157. The first-order valence-corrected chi connectivity index (χ1v) is 9.65. The van der Waals surface area contributed by atoms with E-state index in [0.717, 1.165) is 5.75 Å². The number of hydrogen-bond acceptors (Lipinski definition) is 4. The van der Waals surface area contributed by atoms with Gasteiger partial charge < -0.3 is 14.8 Å². The van der Waals surface area contributed by atoms with Crippen molar-refractivity contribution < 1.29 is 14.3 Å². The zero-order valence-corrected chi connectivity index (χ0v) is 16.9. The number of carbonyl (C=O) groups excluding carboxylic acids is 1. The van der Waals surface area contributed by atoms with E-state index in [-0.39, 0.29) is 18.6 Å². The minimum atomic E-state index is -0.222. The first-order valence-electron chi connectivity index (χ1n) is 8.51. The molecule has 0 aliphatic carbocycles. The van der Waals surface area contributed by atoms with Gasteiger partial charge in [-0.15, -0.1) is 0 Å². The molecule has 0 bridgehead atoms. The number of carbonyl (C=O) groups is 1. The number of amides is 1. The fraction of sp³-hybridized carbons (Fsp3) is 0.316. The maximum atomic E-state index is 12.4. The second kappa shape index (κ2) is 9.02. The molecular formula is C19H19Cl3N2O3. The molecule has 1 unspecified atom stereocenters. The quantitative estimate of drug-likeness (QED) is 0.720. The number of para-hydroxylation sites is 2. The van der Waals surface area contributed by atoms with Crippen LogP contribution >= 0.6 is 34.8 Å². The zero-order chi connectivity index (χ0) is 19.4. The third kappa shape index (κ3) is 5.20. The van der Waals surface area contributed by atoms with Crippen LogP contribution in [-0.4, -0.2) is 43.2 Å². The predicted molar refractivity (Wildman–Crippen MR) is 109 cm³/mol. The van der Waals surface area contributed by atoms with E-state index >= 15 is 0 Å². The van der Waals surface area contributed by atoms with E-state index in [4.69, 9.17) is 44.3 Å². The van der Waals surface area contributed by atoms with Crippen LogP contribution in [0, 0.1) is 0 Å². The van der Waals surface area contributed by atoms with E-state index in [2.05, 4.69) is 5.32 Å². The minimum Gasteiger partial charge on any atom is -0.486 e. The molecule has 1 amide bonds. The van der Waals surface area contributed by atoms with Gasteiger partial charge in [0, 0.05) is 11.6 Å². The van der Waals surface area contributed by atoms with Crippen molar-refractivity contribution in [1.29, 1.82) is 0 Å². The predicted octanol–water partition coefficient (Wildman–Crippen LogP) is 4.75. The second-order valence-corrected chi connectivity index (χ2v) is 7.37. The van der Waals surface area contributed by atoms with Crippen LogP contribution in [0.5, 0.6) is 11.5 Å². The van der Waals surface area contributed by atoms with Gasteiger partial charge >= 0.3 is 0 Å². The summed E-state index contributed by atoms with van der Waals surface area (Å²) in [6, 6.07) is 10.6. The third-order valence-corrected chi connectivity index (χ3v) is 4.93. The maximum absolute atomic E-state index is 12.4. The highest BCUT2D eigenvalue weighted by Crippen LogP contribution is 2.34. The standard InChI is InChI=1S/C19H19Cl3N2O3/c1-2-24(9-13-11-26-16-5-3-4-6-17(16)27-13)10-18(25)23-19-14(21)7-12(20)8-15(19)22/h3-8,13H,2,9-11H2,1H3,(H,23,25). The summed E-state index contributed by atoms with van der Waals surface area (Å²) in [5, 5.41) is 3.75. The number of rotatable bonds is 6. The average molecular weight is 430 g/mol. The number of nitrogens with zero attached hydrogens (tertiary/aromatic N) is 1. The molecule has 0 saturated carbocycles. The normalized spacial score (nSPS) is 15.7. The van der Waals surface area contributed by atoms with Crippen LogP contribution in [0.1, 0.15) is 6.92 Å². The molecule has 1 N–H and O–H groups in total. The smallest absolute Gasteiger partial charge is 0.238 e. The number of nitrogens with one attached hydrogen (secondary N) is 1. The van der Waals surface area contributed by atoms with E-state index < -0.39 is 0 Å². The van der Waals surface area contributed by atoms with Crippen molar-refractivity contribution in [1.82, 2.24) is 4.90 Å². The van der Waals surface area contributed by atoms with E-state index in [1.165, 1.54) is 12.1 Å². The summed E-state index contributed by atoms with van der Waals surface area (Å²) in [5.41, 5.74) is 0.356. The lowest BCUT2D eigenvalue weighted by Crippen LogP contribution is -2.43. The Hall–Kier alpha value is -1.66. The third-order valence-electron chi connectivity index (χ3n) is 4.12. The molecule has 0 saturated heterocycles. The van der Waals surface area contributed by atoms with Crippen molar-refractivity contribution in [3.63, 3.8) is 0 Å². The number of anilines is 1. The Labute approximate surface area is 173 Å². The highest BCUT2D eigenvalue weighted by molar-refractivity contribution is 6.42. The van der Waals surface area contributed by atoms with Crippen LogP contribution in [0.3, 0.4) is 0 Å². The van der Waals surface area contributed by atoms with Crippen molar-refractivity contribution in [3.05, 3.63) is 51.5 Å². The van der Waals surface area contributed by atoms with Gasteiger partial charge in [-0.3, -0.25) is 9.69 Å². The lowest BCUT2D eigenvalue weighted by molar-refractivity contribution is -0.117. The molecule has 1 aliphatic heterocycles. The Morgan fingerprint density at radius 3 is 2.52 bits per heavy atom. The van der Waals surface area contributed by atoms with Crippen molar-refractivity contribution >= 4 is 46.4 Å². The first kappa shape index (κ1) is 20.1. The van der Waals surface area contributed by atoms with Gasteiger partial charge in [-0.05, 0) is 30.8 Å². The topological polar surface area (TPSA) is 50.8 Å². The Kier molecular flexibility index (Phi) is 6.71. The molecule has 0 aromatic heterocycles. The summed E-state index contributed by atoms with van der Waals surface area (Å²) >= 11 is 18.1. The Bertz CT molecular complexity index is 809. The number of halogens is 3. The number of fused-ring (bicyclic) bond motifs is 1. The number of benzene rings is 2. The SMILES string of the molecule is CCN(CC(=O)Nc1c(Cl)cc(Cl)cc1Cl)CC1COc2ccccc2O1. The highest BCUT2D eigenvalue weighted by Gasteiger charge is 2.24. The second-order valence-electron chi connectivity index (χ2n) is 6.12. The molecular weight excluding hydrogens is 411 g/mol. The van der Waals surface area contributed by atoms with Crippen LogP contribution in [0.4, 0.5) is 5.69 Å². The summed E-state index contributed by atoms with van der Waals surface area (Å²) in [5.74, 6) is 1.23. The molecule has 2 aromatic carbocycles. The molecule has 144 valence electrons. The van der Waals surface area contributed by atoms with Crippen LogP contribution in [-0.2, 0) is 4.79 Å². The van der Waals surface area contributed by atoms with Crippen molar-refractivity contribution in [2.24, 2.45) is 0 Å². The molecule has 2 aromatic rings. The summed E-state index contributed by atoms with van der Waals surface area (Å²) in [6.07, 6.45) is -0.157. The van der Waals surface area contributed by atoms with Gasteiger partial charge in [0.2, 0.25) is 5.91 Å². The van der Waals surface area contributed by atoms with E-state index in [1.54, 1.807) is 0 Å². The molecule has 1 heterocycles.